The van der Waals surface area contributed by atoms with Gasteiger partial charge in [0.25, 0.3) is 0 Å². The number of nitrogens with one attached hydrogen (secondary N) is 1. The van der Waals surface area contributed by atoms with Gasteiger partial charge in [-0.2, -0.15) is 0 Å². The van der Waals surface area contributed by atoms with Gasteiger partial charge in [-0.3, -0.25) is 24.1 Å². The molecule has 35 heavy (non-hydrogen) atoms. The van der Waals surface area contributed by atoms with Crippen molar-refractivity contribution >= 4 is 30.0 Å². The Morgan fingerprint density at radius 1 is 1.23 bits per heavy atom. The summed E-state index contributed by atoms with van der Waals surface area (Å²) in [6.07, 6.45) is 4.70. The molecule has 1 N–H and O–H groups in total. The number of aldehydes is 1. The fourth-order valence-corrected chi connectivity index (χ4v) is 4.97. The molecule has 2 fully saturated rings. The van der Waals surface area contributed by atoms with Crippen LogP contribution in [0.4, 0.5) is 0 Å². The van der Waals surface area contributed by atoms with Crippen molar-refractivity contribution < 1.29 is 28.7 Å². The van der Waals surface area contributed by atoms with E-state index in [1.807, 2.05) is 18.9 Å². The Balaban J connectivity index is 1.95. The largest absolute Gasteiger partial charge is 0.464 e. The molecule has 0 aliphatic carbocycles. The lowest BCUT2D eigenvalue weighted by molar-refractivity contribution is -0.151. The minimum absolute atomic E-state index is 0.0157. The fraction of sp³-hybridized carbons (Fsp3) is 0.800. The third-order valence-corrected chi connectivity index (χ3v) is 6.97. The average Bonchev–Trinajstić information content (AvgIpc) is 3.44. The van der Waals surface area contributed by atoms with Crippen molar-refractivity contribution in [1.82, 2.24) is 20.0 Å². The first-order chi connectivity index (χ1) is 16.6. The van der Waals surface area contributed by atoms with Crippen LogP contribution in [-0.2, 0) is 28.7 Å². The highest BCUT2D eigenvalue weighted by Crippen LogP contribution is 2.23. The molecule has 5 atom stereocenters. The summed E-state index contributed by atoms with van der Waals surface area (Å²) in [5.74, 6) is -0.781. The van der Waals surface area contributed by atoms with Gasteiger partial charge in [-0.15, -0.1) is 0 Å². The molecule has 3 amide bonds. The number of ether oxygens (including phenoxy) is 1. The summed E-state index contributed by atoms with van der Waals surface area (Å²) in [6, 6.07) is -2.28. The third kappa shape index (κ3) is 7.75. The van der Waals surface area contributed by atoms with Crippen LogP contribution in [0.2, 0.25) is 0 Å². The fourth-order valence-electron chi connectivity index (χ4n) is 4.97. The summed E-state index contributed by atoms with van der Waals surface area (Å²) in [4.78, 5) is 67.3. The monoisotopic (exact) mass is 494 g/mol. The molecule has 0 aromatic carbocycles. The molecule has 2 aliphatic heterocycles. The van der Waals surface area contributed by atoms with Crippen LogP contribution >= 0.6 is 0 Å². The zero-order chi connectivity index (χ0) is 26.1. The van der Waals surface area contributed by atoms with Crippen LogP contribution in [0.5, 0.6) is 0 Å². The van der Waals surface area contributed by atoms with E-state index in [0.717, 1.165) is 25.8 Å². The minimum atomic E-state index is -0.714. The number of hydrogen-bond acceptors (Lipinski definition) is 7. The summed E-state index contributed by atoms with van der Waals surface area (Å²) >= 11 is 0. The van der Waals surface area contributed by atoms with Gasteiger partial charge in [0, 0.05) is 20.1 Å². The van der Waals surface area contributed by atoms with E-state index >= 15 is 0 Å². The molecule has 2 saturated heterocycles. The molecule has 0 spiro atoms. The second kappa shape index (κ2) is 13.6. The summed E-state index contributed by atoms with van der Waals surface area (Å²) in [5.41, 5.74) is 0. The lowest BCUT2D eigenvalue weighted by atomic mass is 10.1. The summed E-state index contributed by atoms with van der Waals surface area (Å²) in [7, 11) is 3.47. The molecule has 10 heteroatoms. The van der Waals surface area contributed by atoms with Crippen LogP contribution in [0.15, 0.2) is 0 Å². The molecule has 2 heterocycles. The van der Waals surface area contributed by atoms with Gasteiger partial charge in [-0.25, -0.2) is 0 Å². The van der Waals surface area contributed by atoms with E-state index in [2.05, 4.69) is 12.2 Å². The van der Waals surface area contributed by atoms with Crippen molar-refractivity contribution in [1.29, 1.82) is 0 Å². The van der Waals surface area contributed by atoms with Gasteiger partial charge in [0.05, 0.1) is 12.5 Å². The molecule has 0 aromatic rings. The first-order valence-corrected chi connectivity index (χ1v) is 12.8. The second-order valence-corrected chi connectivity index (χ2v) is 10.00. The van der Waals surface area contributed by atoms with Crippen LogP contribution < -0.4 is 5.32 Å². The maximum absolute atomic E-state index is 13.3. The van der Waals surface area contributed by atoms with E-state index in [1.165, 1.54) is 4.90 Å². The Labute approximate surface area is 208 Å². The molecular weight excluding hydrogens is 452 g/mol. The summed E-state index contributed by atoms with van der Waals surface area (Å²) in [6.45, 7) is 6.95. The molecule has 10 nitrogen and oxygen atoms in total. The van der Waals surface area contributed by atoms with Crippen molar-refractivity contribution in [2.24, 2.45) is 5.92 Å². The molecule has 198 valence electrons. The molecule has 0 radical (unpaired) electrons. The number of esters is 1. The van der Waals surface area contributed by atoms with Gasteiger partial charge >= 0.3 is 5.97 Å². The maximum Gasteiger partial charge on any atom is 0.323 e. The van der Waals surface area contributed by atoms with Crippen LogP contribution in [-0.4, -0.2) is 103 Å². The van der Waals surface area contributed by atoms with Crippen LogP contribution in [0.25, 0.3) is 0 Å². The molecule has 0 saturated carbocycles. The van der Waals surface area contributed by atoms with Gasteiger partial charge in [0.2, 0.25) is 17.7 Å². The summed E-state index contributed by atoms with van der Waals surface area (Å²) < 4.78 is 5.37. The Morgan fingerprint density at radius 2 is 1.94 bits per heavy atom. The first-order valence-electron chi connectivity index (χ1n) is 12.8. The highest BCUT2D eigenvalue weighted by atomic mass is 16.5. The SMILES string of the molecule is CCCCC(C(=O)NC(C)C=O)N(C)C(=O)C1CCCN1C(=O)CCOC(=O)C1CC(C)CN1C. The van der Waals surface area contributed by atoms with Crippen molar-refractivity contribution in [3.63, 3.8) is 0 Å². The predicted molar refractivity (Wildman–Crippen MR) is 130 cm³/mol. The smallest absolute Gasteiger partial charge is 0.323 e. The first kappa shape index (κ1) is 28.7. The van der Waals surface area contributed by atoms with Crippen LogP contribution in [0, 0.1) is 5.92 Å². The van der Waals surface area contributed by atoms with E-state index in [4.69, 9.17) is 4.74 Å². The van der Waals surface area contributed by atoms with Crippen molar-refractivity contribution in [3.8, 4) is 0 Å². The number of carbonyl (C=O) groups is 5. The predicted octanol–water partition coefficient (Wildman–Crippen LogP) is 0.972. The van der Waals surface area contributed by atoms with E-state index in [0.29, 0.717) is 38.0 Å². The van der Waals surface area contributed by atoms with Crippen molar-refractivity contribution in [2.75, 3.05) is 33.8 Å². The maximum atomic E-state index is 13.3. The van der Waals surface area contributed by atoms with Crippen LogP contribution in [0.3, 0.4) is 0 Å². The van der Waals surface area contributed by atoms with E-state index in [1.54, 1.807) is 18.9 Å². The van der Waals surface area contributed by atoms with Gasteiger partial charge in [0.1, 0.15) is 31.0 Å². The van der Waals surface area contributed by atoms with E-state index in [9.17, 15) is 24.0 Å². The summed E-state index contributed by atoms with van der Waals surface area (Å²) in [5, 5.41) is 2.63. The highest BCUT2D eigenvalue weighted by Gasteiger charge is 2.39. The molecule has 0 bridgehead atoms. The number of amides is 3. The normalized spacial score (nSPS) is 24.0. The molecular formula is C25H42N4O6. The third-order valence-electron chi connectivity index (χ3n) is 6.97. The second-order valence-electron chi connectivity index (χ2n) is 10.00. The Bertz CT molecular complexity index is 775. The zero-order valence-corrected chi connectivity index (χ0v) is 21.8. The van der Waals surface area contributed by atoms with Crippen molar-refractivity contribution in [2.45, 2.75) is 89.9 Å². The van der Waals surface area contributed by atoms with E-state index in [-0.39, 0.29) is 42.8 Å². The van der Waals surface area contributed by atoms with Gasteiger partial charge in [-0.05, 0) is 45.6 Å². The lowest BCUT2D eigenvalue weighted by Gasteiger charge is -2.33. The number of nitrogens with zero attached hydrogens (tertiary/aromatic N) is 3. The quantitative estimate of drug-likeness (QED) is 0.317. The average molecular weight is 495 g/mol. The minimum Gasteiger partial charge on any atom is -0.464 e. The lowest BCUT2D eigenvalue weighted by Crippen LogP contribution is -2.55. The van der Waals surface area contributed by atoms with Crippen molar-refractivity contribution in [3.05, 3.63) is 0 Å². The molecule has 5 unspecified atom stereocenters. The molecule has 2 rings (SSSR count). The number of carbonyl (C=O) groups excluding carboxylic acids is 5. The van der Waals surface area contributed by atoms with Gasteiger partial charge in [0.15, 0.2) is 0 Å². The Hall–Kier alpha value is -2.49. The number of unbranched alkanes of at least 4 members (excludes halogenated alkanes) is 1. The van der Waals surface area contributed by atoms with Gasteiger partial charge in [-0.1, -0.05) is 26.7 Å². The molecule has 2 aliphatic rings. The number of rotatable bonds is 12. The van der Waals surface area contributed by atoms with Crippen LogP contribution in [0.1, 0.15) is 65.7 Å². The number of hydrogen-bond donors (Lipinski definition) is 1. The molecule has 0 aromatic heterocycles. The van der Waals surface area contributed by atoms with Gasteiger partial charge < -0.3 is 24.6 Å². The zero-order valence-electron chi connectivity index (χ0n) is 21.8. The Morgan fingerprint density at radius 3 is 2.54 bits per heavy atom. The topological polar surface area (TPSA) is 116 Å². The number of likely N-dealkylation sites (N-methyl/N-ethyl adjacent to an activating group) is 2. The number of likely N-dealkylation sites (tertiary alicyclic amines) is 2. The Kier molecular flexibility index (Phi) is 11.1. The highest BCUT2D eigenvalue weighted by molar-refractivity contribution is 5.93. The van der Waals surface area contributed by atoms with E-state index < -0.39 is 18.1 Å². The standard InChI is InChI=1S/C25H42N4O6/c1-6-7-9-19(23(32)26-18(3)16-30)28(5)24(33)20-10-8-12-29(20)22(31)11-13-35-25(34)21-14-17(2)15-27(21)4/h16-21H,6-15H2,1-5H3,(H,26,32).